The van der Waals surface area contributed by atoms with E-state index in [4.69, 9.17) is 11.6 Å². The first kappa shape index (κ1) is 31.4. The molecule has 246 valence electrons. The van der Waals surface area contributed by atoms with E-state index in [2.05, 4.69) is 20.6 Å². The van der Waals surface area contributed by atoms with Crippen molar-refractivity contribution in [2.24, 2.45) is 0 Å². The number of aromatic nitrogens is 2. The maximum absolute atomic E-state index is 14.5. The van der Waals surface area contributed by atoms with Gasteiger partial charge in [0.1, 0.15) is 17.3 Å². The maximum Gasteiger partial charge on any atom is 0.417 e. The number of nitrogens with one attached hydrogen (secondary N) is 3. The van der Waals surface area contributed by atoms with E-state index in [-0.39, 0.29) is 68.7 Å². The molecule has 5 aromatic rings. The first-order valence-corrected chi connectivity index (χ1v) is 14.4. The number of amides is 3. The number of fused-ring (bicyclic) bond motifs is 1. The lowest BCUT2D eigenvalue weighted by molar-refractivity contribution is -0.138. The molecule has 0 bridgehead atoms. The van der Waals surface area contributed by atoms with Gasteiger partial charge in [-0.05, 0) is 66.1 Å². The van der Waals surface area contributed by atoms with Gasteiger partial charge in [-0.2, -0.15) is 26.3 Å². The molecule has 1 unspecified atom stereocenters. The van der Waals surface area contributed by atoms with Gasteiger partial charge in [0, 0.05) is 57.3 Å². The lowest BCUT2D eigenvalue weighted by Crippen LogP contribution is -2.46. The Labute approximate surface area is 269 Å². The van der Waals surface area contributed by atoms with Crippen LogP contribution in [0.1, 0.15) is 44.2 Å². The Morgan fingerprint density at radius 2 is 1.69 bits per heavy atom. The normalized spacial score (nSPS) is 15.9. The van der Waals surface area contributed by atoms with Crippen LogP contribution in [0.25, 0.3) is 22.2 Å². The molecule has 3 aromatic carbocycles. The molecule has 2 aliphatic rings. The Kier molecular flexibility index (Phi) is 7.16. The van der Waals surface area contributed by atoms with Crippen molar-refractivity contribution in [1.82, 2.24) is 15.3 Å². The molecule has 7 nitrogen and oxygen atoms in total. The highest BCUT2D eigenvalue weighted by Crippen LogP contribution is 2.51. The molecule has 3 N–H and O–H groups in total. The Morgan fingerprint density at radius 1 is 0.938 bits per heavy atom. The SMILES string of the molecule is O=C(Nc1cc(-c2c[nH]c3ncc(C(F)(F)F)cc23)c2c3c1C(c1cc(F)ccc1Cl)NC(=O)N3CC2)c1cc(F)cc(C(F)(F)F)c1. The smallest absolute Gasteiger partial charge is 0.346 e. The standard InChI is InChI=1S/C32H18ClF8N5O2/c33-23-2-1-16(34)9-21(23)26-25-24(44-29(47)13-5-14(31(36,37)38)7-17(35)6-13)10-19(18-3-4-46(27(18)25)30(48)45-26)22-12-43-28-20(22)8-15(11-42-28)32(39,40)41/h1-2,5-12,26H,3-4H2,(H,42,43)(H,44,47)(H,45,48). The molecule has 0 saturated carbocycles. The van der Waals surface area contributed by atoms with Crippen molar-refractivity contribution in [2.45, 2.75) is 24.8 Å². The summed E-state index contributed by atoms with van der Waals surface area (Å²) in [6, 6.07) is 5.13. The number of anilines is 2. The Morgan fingerprint density at radius 3 is 2.42 bits per heavy atom. The Bertz CT molecular complexity index is 2180. The zero-order valence-electron chi connectivity index (χ0n) is 23.9. The van der Waals surface area contributed by atoms with E-state index in [1.54, 1.807) is 0 Å². The molecule has 48 heavy (non-hydrogen) atoms. The van der Waals surface area contributed by atoms with E-state index in [0.717, 1.165) is 18.2 Å². The minimum atomic E-state index is -4.98. The van der Waals surface area contributed by atoms with Crippen LogP contribution in [0.5, 0.6) is 0 Å². The highest BCUT2D eigenvalue weighted by atomic mass is 35.5. The third-order valence-electron chi connectivity index (χ3n) is 8.26. The van der Waals surface area contributed by atoms with Gasteiger partial charge in [0.2, 0.25) is 0 Å². The van der Waals surface area contributed by atoms with Crippen LogP contribution in [0.3, 0.4) is 0 Å². The predicted molar refractivity (Wildman–Crippen MR) is 159 cm³/mol. The monoisotopic (exact) mass is 691 g/mol. The summed E-state index contributed by atoms with van der Waals surface area (Å²) in [4.78, 5) is 34.9. The minimum Gasteiger partial charge on any atom is -0.346 e. The number of rotatable bonds is 4. The number of hydrogen-bond donors (Lipinski definition) is 3. The van der Waals surface area contributed by atoms with Crippen LogP contribution in [0.2, 0.25) is 5.02 Å². The molecule has 0 radical (unpaired) electrons. The molecule has 0 saturated heterocycles. The molecule has 2 aromatic heterocycles. The molecule has 4 heterocycles. The molecule has 2 aliphatic heterocycles. The van der Waals surface area contributed by atoms with Crippen molar-refractivity contribution in [3.63, 3.8) is 0 Å². The summed E-state index contributed by atoms with van der Waals surface area (Å²) < 4.78 is 110. The van der Waals surface area contributed by atoms with Crippen LogP contribution >= 0.6 is 11.6 Å². The van der Waals surface area contributed by atoms with Gasteiger partial charge in [0.25, 0.3) is 5.91 Å². The fourth-order valence-electron chi connectivity index (χ4n) is 6.17. The van der Waals surface area contributed by atoms with Gasteiger partial charge in [-0.1, -0.05) is 11.6 Å². The summed E-state index contributed by atoms with van der Waals surface area (Å²) in [5.74, 6) is -3.22. The Balaban J connectivity index is 1.47. The van der Waals surface area contributed by atoms with Gasteiger partial charge in [0.05, 0.1) is 22.9 Å². The van der Waals surface area contributed by atoms with Crippen LogP contribution in [0.4, 0.5) is 51.3 Å². The van der Waals surface area contributed by atoms with E-state index in [9.17, 15) is 44.7 Å². The van der Waals surface area contributed by atoms with Crippen LogP contribution in [0, 0.1) is 11.6 Å². The largest absolute Gasteiger partial charge is 0.417 e. The fraction of sp³-hybridized carbons (Fsp3) is 0.156. The summed E-state index contributed by atoms with van der Waals surface area (Å²) in [6.07, 6.45) is -7.44. The first-order valence-electron chi connectivity index (χ1n) is 14.1. The number of halogens is 9. The number of H-pyrrole nitrogens is 1. The van der Waals surface area contributed by atoms with Gasteiger partial charge in [-0.25, -0.2) is 18.6 Å². The number of nitrogens with zero attached hydrogens (tertiary/aromatic N) is 2. The molecule has 0 fully saturated rings. The Hall–Kier alpha value is -5.18. The van der Waals surface area contributed by atoms with Gasteiger partial charge in [0.15, 0.2) is 0 Å². The highest BCUT2D eigenvalue weighted by Gasteiger charge is 2.41. The molecule has 0 spiro atoms. The second-order valence-corrected chi connectivity index (χ2v) is 11.6. The molecule has 0 aliphatic carbocycles. The topological polar surface area (TPSA) is 90.1 Å². The third kappa shape index (κ3) is 5.27. The van der Waals surface area contributed by atoms with E-state index in [0.29, 0.717) is 23.9 Å². The summed E-state index contributed by atoms with van der Waals surface area (Å²) in [6.45, 7) is 0.107. The van der Waals surface area contributed by atoms with Gasteiger partial charge >= 0.3 is 18.4 Å². The van der Waals surface area contributed by atoms with Crippen molar-refractivity contribution in [1.29, 1.82) is 0 Å². The number of urea groups is 1. The molecular formula is C32H18ClF8N5O2. The summed E-state index contributed by atoms with van der Waals surface area (Å²) in [5, 5.41) is 5.32. The zero-order valence-corrected chi connectivity index (χ0v) is 24.6. The number of hydrogen-bond acceptors (Lipinski definition) is 3. The number of aromatic amines is 1. The maximum atomic E-state index is 14.5. The van der Waals surface area contributed by atoms with Crippen LogP contribution in [0.15, 0.2) is 60.9 Å². The van der Waals surface area contributed by atoms with E-state index in [1.807, 2.05) is 0 Å². The van der Waals surface area contributed by atoms with Crippen molar-refractivity contribution < 1.29 is 44.7 Å². The fourth-order valence-corrected chi connectivity index (χ4v) is 6.39. The second kappa shape index (κ2) is 10.9. The van der Waals surface area contributed by atoms with Crippen LogP contribution in [-0.2, 0) is 18.8 Å². The van der Waals surface area contributed by atoms with Gasteiger partial charge < -0.3 is 15.6 Å². The average Bonchev–Trinajstić information content (AvgIpc) is 3.65. The van der Waals surface area contributed by atoms with Gasteiger partial charge in [-0.3, -0.25) is 9.69 Å². The molecule has 3 amide bonds. The second-order valence-electron chi connectivity index (χ2n) is 11.2. The number of alkyl halides is 6. The van der Waals surface area contributed by atoms with Crippen molar-refractivity contribution in [2.75, 3.05) is 16.8 Å². The number of benzene rings is 3. The minimum absolute atomic E-state index is 0.0329. The van der Waals surface area contributed by atoms with Crippen molar-refractivity contribution in [3.05, 3.63) is 111 Å². The molecule has 1 atom stereocenters. The van der Waals surface area contributed by atoms with Crippen molar-refractivity contribution >= 4 is 45.9 Å². The van der Waals surface area contributed by atoms with E-state index in [1.165, 1.54) is 23.2 Å². The lowest BCUT2D eigenvalue weighted by atomic mass is 9.87. The van der Waals surface area contributed by atoms with Crippen molar-refractivity contribution in [3.8, 4) is 11.1 Å². The summed E-state index contributed by atoms with van der Waals surface area (Å²) in [7, 11) is 0. The lowest BCUT2D eigenvalue weighted by Gasteiger charge is -2.35. The number of carbonyl (C=O) groups is 2. The summed E-state index contributed by atoms with van der Waals surface area (Å²) >= 11 is 6.43. The molecular weight excluding hydrogens is 674 g/mol. The average molecular weight is 692 g/mol. The predicted octanol–water partition coefficient (Wildman–Crippen LogP) is 8.63. The number of pyridine rings is 1. The molecule has 16 heteroatoms. The first-order chi connectivity index (χ1) is 22.6. The summed E-state index contributed by atoms with van der Waals surface area (Å²) in [5.41, 5.74) is -1.69. The highest BCUT2D eigenvalue weighted by molar-refractivity contribution is 6.31. The molecule has 7 rings (SSSR count). The van der Waals surface area contributed by atoms with Gasteiger partial charge in [-0.15, -0.1) is 0 Å². The number of carbonyl (C=O) groups excluding carboxylic acids is 2. The van der Waals surface area contributed by atoms with Crippen LogP contribution < -0.4 is 15.5 Å². The zero-order chi connectivity index (χ0) is 34.3. The van der Waals surface area contributed by atoms with Crippen LogP contribution in [-0.4, -0.2) is 28.5 Å². The van der Waals surface area contributed by atoms with E-state index < -0.39 is 58.7 Å². The van der Waals surface area contributed by atoms with E-state index >= 15 is 0 Å². The third-order valence-corrected chi connectivity index (χ3v) is 8.60. The quantitative estimate of drug-likeness (QED) is 0.165.